The maximum absolute atomic E-state index is 12.0. The molecular formula is C15H22N2O2S. The van der Waals surface area contributed by atoms with E-state index in [1.807, 2.05) is 43.5 Å². The van der Waals surface area contributed by atoms with Crippen molar-refractivity contribution in [2.24, 2.45) is 0 Å². The zero-order valence-corrected chi connectivity index (χ0v) is 12.8. The van der Waals surface area contributed by atoms with Crippen LogP contribution in [0, 0.1) is 0 Å². The zero-order chi connectivity index (χ0) is 14.8. The standard InChI is InChI=1S/C15H22N2O2S/c1-3-16-15(19)13(9-10-20-2)17-14(18)11-12-7-5-4-6-8-12/h4-8,13H,3,9-11H2,1-2H3,(H,16,19)(H,17,18). The Morgan fingerprint density at radius 2 is 1.95 bits per heavy atom. The van der Waals surface area contributed by atoms with Crippen LogP contribution in [0.1, 0.15) is 18.9 Å². The van der Waals surface area contributed by atoms with Crippen molar-refractivity contribution in [1.29, 1.82) is 0 Å². The van der Waals surface area contributed by atoms with Gasteiger partial charge in [-0.3, -0.25) is 9.59 Å². The lowest BCUT2D eigenvalue weighted by molar-refractivity contribution is -0.128. The summed E-state index contributed by atoms with van der Waals surface area (Å²) in [6.45, 7) is 2.44. The first-order chi connectivity index (χ1) is 9.67. The SMILES string of the molecule is CCNC(=O)C(CCSC)NC(=O)Cc1ccccc1. The molecule has 0 saturated carbocycles. The van der Waals surface area contributed by atoms with Gasteiger partial charge in [0.15, 0.2) is 0 Å². The number of benzene rings is 1. The Labute approximate surface area is 124 Å². The van der Waals surface area contributed by atoms with Gasteiger partial charge >= 0.3 is 0 Å². The van der Waals surface area contributed by atoms with Gasteiger partial charge in [-0.15, -0.1) is 0 Å². The second-order valence-electron chi connectivity index (χ2n) is 4.46. The number of hydrogen-bond donors (Lipinski definition) is 2. The van der Waals surface area contributed by atoms with E-state index in [9.17, 15) is 9.59 Å². The number of amides is 2. The zero-order valence-electron chi connectivity index (χ0n) is 12.0. The normalized spacial score (nSPS) is 11.7. The molecule has 0 saturated heterocycles. The summed E-state index contributed by atoms with van der Waals surface area (Å²) in [6, 6.07) is 9.08. The van der Waals surface area contributed by atoms with E-state index in [1.165, 1.54) is 0 Å². The summed E-state index contributed by atoms with van der Waals surface area (Å²) < 4.78 is 0. The Balaban J connectivity index is 2.54. The van der Waals surface area contributed by atoms with Crippen LogP contribution in [0.3, 0.4) is 0 Å². The second kappa shape index (κ2) is 9.42. The Kier molecular flexibility index (Phi) is 7.80. The number of hydrogen-bond acceptors (Lipinski definition) is 3. The van der Waals surface area contributed by atoms with Crippen LogP contribution < -0.4 is 10.6 Å². The van der Waals surface area contributed by atoms with Gasteiger partial charge in [0.1, 0.15) is 6.04 Å². The van der Waals surface area contributed by atoms with Crippen LogP contribution >= 0.6 is 11.8 Å². The summed E-state index contributed by atoms with van der Waals surface area (Å²) in [5.74, 6) is 0.615. The van der Waals surface area contributed by atoms with Crippen LogP contribution in [0.25, 0.3) is 0 Å². The number of likely N-dealkylation sites (N-methyl/N-ethyl adjacent to an activating group) is 1. The van der Waals surface area contributed by atoms with E-state index in [0.29, 0.717) is 19.4 Å². The lowest BCUT2D eigenvalue weighted by atomic mass is 10.1. The molecule has 4 nitrogen and oxygen atoms in total. The predicted molar refractivity (Wildman–Crippen MR) is 83.8 cm³/mol. The lowest BCUT2D eigenvalue weighted by Gasteiger charge is -2.17. The van der Waals surface area contributed by atoms with E-state index in [2.05, 4.69) is 10.6 Å². The molecule has 0 aliphatic heterocycles. The summed E-state index contributed by atoms with van der Waals surface area (Å²) in [5, 5.41) is 5.58. The number of thioether (sulfide) groups is 1. The Hall–Kier alpha value is -1.49. The van der Waals surface area contributed by atoms with Crippen LogP contribution in [-0.2, 0) is 16.0 Å². The van der Waals surface area contributed by atoms with Crippen molar-refractivity contribution in [2.75, 3.05) is 18.6 Å². The number of carbonyl (C=O) groups is 2. The third-order valence-corrected chi connectivity index (χ3v) is 3.46. The predicted octanol–water partition coefficient (Wildman–Crippen LogP) is 1.60. The smallest absolute Gasteiger partial charge is 0.242 e. The molecule has 0 spiro atoms. The lowest BCUT2D eigenvalue weighted by Crippen LogP contribution is -2.47. The Morgan fingerprint density at radius 1 is 1.25 bits per heavy atom. The van der Waals surface area contributed by atoms with Crippen LogP contribution in [0.2, 0.25) is 0 Å². The minimum atomic E-state index is -0.446. The van der Waals surface area contributed by atoms with Crippen molar-refractivity contribution < 1.29 is 9.59 Å². The highest BCUT2D eigenvalue weighted by Crippen LogP contribution is 2.03. The highest BCUT2D eigenvalue weighted by Gasteiger charge is 2.19. The number of rotatable bonds is 8. The maximum Gasteiger partial charge on any atom is 0.242 e. The molecule has 0 aliphatic rings. The summed E-state index contributed by atoms with van der Waals surface area (Å²) in [4.78, 5) is 23.9. The molecule has 1 atom stereocenters. The van der Waals surface area contributed by atoms with Gasteiger partial charge in [0.25, 0.3) is 0 Å². The monoisotopic (exact) mass is 294 g/mol. The molecule has 0 aromatic heterocycles. The minimum Gasteiger partial charge on any atom is -0.355 e. The van der Waals surface area contributed by atoms with Crippen molar-refractivity contribution in [3.05, 3.63) is 35.9 Å². The molecular weight excluding hydrogens is 272 g/mol. The van der Waals surface area contributed by atoms with Crippen molar-refractivity contribution in [2.45, 2.75) is 25.8 Å². The first-order valence-corrected chi connectivity index (χ1v) is 8.16. The van der Waals surface area contributed by atoms with E-state index < -0.39 is 6.04 Å². The molecule has 2 amide bonds. The van der Waals surface area contributed by atoms with Crippen LogP contribution in [0.15, 0.2) is 30.3 Å². The second-order valence-corrected chi connectivity index (χ2v) is 5.44. The molecule has 110 valence electrons. The minimum absolute atomic E-state index is 0.108. The molecule has 0 fully saturated rings. The molecule has 1 rings (SSSR count). The van der Waals surface area contributed by atoms with Crippen molar-refractivity contribution in [3.8, 4) is 0 Å². The van der Waals surface area contributed by atoms with Gasteiger partial charge in [-0.05, 0) is 30.9 Å². The molecule has 1 aromatic carbocycles. The number of carbonyl (C=O) groups excluding carboxylic acids is 2. The Bertz CT molecular complexity index is 423. The first kappa shape index (κ1) is 16.6. The van der Waals surface area contributed by atoms with Gasteiger partial charge in [0.2, 0.25) is 11.8 Å². The van der Waals surface area contributed by atoms with Crippen LogP contribution in [0.4, 0.5) is 0 Å². The van der Waals surface area contributed by atoms with E-state index in [0.717, 1.165) is 11.3 Å². The fourth-order valence-corrected chi connectivity index (χ4v) is 2.30. The van der Waals surface area contributed by atoms with E-state index in [4.69, 9.17) is 0 Å². The first-order valence-electron chi connectivity index (χ1n) is 6.77. The van der Waals surface area contributed by atoms with Crippen molar-refractivity contribution in [3.63, 3.8) is 0 Å². The fraction of sp³-hybridized carbons (Fsp3) is 0.467. The average Bonchev–Trinajstić information content (AvgIpc) is 2.44. The highest BCUT2D eigenvalue weighted by molar-refractivity contribution is 7.98. The van der Waals surface area contributed by atoms with Crippen molar-refractivity contribution >= 4 is 23.6 Å². The third-order valence-electron chi connectivity index (χ3n) is 2.82. The quantitative estimate of drug-likeness (QED) is 0.766. The molecule has 1 aromatic rings. The summed E-state index contributed by atoms with van der Waals surface area (Å²) in [6.07, 6.45) is 2.93. The van der Waals surface area contributed by atoms with E-state index >= 15 is 0 Å². The molecule has 0 aliphatic carbocycles. The van der Waals surface area contributed by atoms with Gasteiger partial charge in [-0.2, -0.15) is 11.8 Å². The molecule has 0 bridgehead atoms. The molecule has 1 unspecified atom stereocenters. The maximum atomic E-state index is 12.0. The fourth-order valence-electron chi connectivity index (χ4n) is 1.83. The van der Waals surface area contributed by atoms with Gasteiger partial charge in [-0.25, -0.2) is 0 Å². The molecule has 20 heavy (non-hydrogen) atoms. The largest absolute Gasteiger partial charge is 0.355 e. The Morgan fingerprint density at radius 3 is 2.55 bits per heavy atom. The van der Waals surface area contributed by atoms with E-state index in [1.54, 1.807) is 11.8 Å². The average molecular weight is 294 g/mol. The topological polar surface area (TPSA) is 58.2 Å². The van der Waals surface area contributed by atoms with Gasteiger partial charge in [0.05, 0.1) is 6.42 Å². The van der Waals surface area contributed by atoms with Crippen LogP contribution in [-0.4, -0.2) is 36.4 Å². The number of nitrogens with one attached hydrogen (secondary N) is 2. The van der Waals surface area contributed by atoms with Gasteiger partial charge in [-0.1, -0.05) is 30.3 Å². The summed E-state index contributed by atoms with van der Waals surface area (Å²) in [5.41, 5.74) is 0.949. The highest BCUT2D eigenvalue weighted by atomic mass is 32.2. The van der Waals surface area contributed by atoms with Gasteiger partial charge < -0.3 is 10.6 Å². The molecule has 2 N–H and O–H groups in total. The van der Waals surface area contributed by atoms with Gasteiger partial charge in [0, 0.05) is 6.54 Å². The van der Waals surface area contributed by atoms with Crippen molar-refractivity contribution in [1.82, 2.24) is 10.6 Å². The van der Waals surface area contributed by atoms with Crippen LogP contribution in [0.5, 0.6) is 0 Å². The third kappa shape index (κ3) is 6.10. The molecule has 0 heterocycles. The van der Waals surface area contributed by atoms with E-state index in [-0.39, 0.29) is 11.8 Å². The summed E-state index contributed by atoms with van der Waals surface area (Å²) >= 11 is 1.67. The molecule has 0 radical (unpaired) electrons. The summed E-state index contributed by atoms with van der Waals surface area (Å²) in [7, 11) is 0. The molecule has 5 heteroatoms.